The first-order valence-corrected chi connectivity index (χ1v) is 12.5. The number of hydrogen-bond acceptors (Lipinski definition) is 7. The fourth-order valence-electron chi connectivity index (χ4n) is 3.93. The zero-order chi connectivity index (χ0) is 21.8. The predicted octanol–water partition coefficient (Wildman–Crippen LogP) is 3.46. The minimum Gasteiger partial charge on any atom is -0.492 e. The van der Waals surface area contributed by atoms with Crippen molar-refractivity contribution in [3.63, 3.8) is 0 Å². The molecule has 2 aliphatic rings. The van der Waals surface area contributed by atoms with Crippen molar-refractivity contribution in [3.05, 3.63) is 47.0 Å². The summed E-state index contributed by atoms with van der Waals surface area (Å²) in [6.07, 6.45) is 2.35. The quantitative estimate of drug-likeness (QED) is 0.583. The Balaban J connectivity index is 1.46. The molecule has 2 aromatic heterocycles. The van der Waals surface area contributed by atoms with Gasteiger partial charge in [-0.05, 0) is 31.5 Å². The van der Waals surface area contributed by atoms with Crippen LogP contribution in [0.15, 0.2) is 36.5 Å². The van der Waals surface area contributed by atoms with E-state index in [1.807, 2.05) is 16.8 Å². The molecule has 1 saturated heterocycles. The van der Waals surface area contributed by atoms with Crippen molar-refractivity contribution >= 4 is 21.4 Å². The summed E-state index contributed by atoms with van der Waals surface area (Å²) in [6.45, 7) is 9.04. The second kappa shape index (κ2) is 7.54. The highest BCUT2D eigenvalue weighted by Crippen LogP contribution is 2.42. The van der Waals surface area contributed by atoms with Crippen molar-refractivity contribution in [3.8, 4) is 27.8 Å². The van der Waals surface area contributed by atoms with E-state index in [2.05, 4.69) is 36.6 Å². The minimum absolute atomic E-state index is 0.155. The first-order chi connectivity index (χ1) is 14.9. The molecule has 0 spiro atoms. The molecular formula is C21H23N5O3S2. The molecule has 2 aliphatic heterocycles. The maximum absolute atomic E-state index is 11.9. The number of sulfonamides is 1. The zero-order valence-electron chi connectivity index (χ0n) is 17.4. The van der Waals surface area contributed by atoms with Crippen LogP contribution < -0.4 is 4.74 Å². The van der Waals surface area contributed by atoms with E-state index in [1.54, 1.807) is 17.7 Å². The zero-order valence-corrected chi connectivity index (χ0v) is 19.0. The number of nitrogens with zero attached hydrogens (tertiary/aromatic N) is 5. The summed E-state index contributed by atoms with van der Waals surface area (Å²) in [5.41, 5.74) is 2.97. The minimum atomic E-state index is -3.35. The average Bonchev–Trinajstić information content (AvgIpc) is 3.31. The van der Waals surface area contributed by atoms with Gasteiger partial charge in [-0.25, -0.2) is 23.1 Å². The van der Waals surface area contributed by atoms with Crippen LogP contribution in [0.25, 0.3) is 22.1 Å². The third-order valence-electron chi connectivity index (χ3n) is 5.69. The van der Waals surface area contributed by atoms with E-state index in [-0.39, 0.29) is 12.0 Å². The number of rotatable bonds is 5. The van der Waals surface area contributed by atoms with Crippen LogP contribution in [-0.4, -0.2) is 52.2 Å². The highest BCUT2D eigenvalue weighted by Gasteiger charge is 2.35. The van der Waals surface area contributed by atoms with Gasteiger partial charge in [0.15, 0.2) is 10.8 Å². The van der Waals surface area contributed by atoms with Crippen LogP contribution in [0.1, 0.15) is 36.2 Å². The van der Waals surface area contributed by atoms with Gasteiger partial charge in [0.25, 0.3) is 0 Å². The fraction of sp³-hybridized carbons (Fsp3) is 0.381. The Morgan fingerprint density at radius 3 is 2.87 bits per heavy atom. The van der Waals surface area contributed by atoms with Gasteiger partial charge >= 0.3 is 0 Å². The number of hydrogen-bond donors (Lipinski definition) is 0. The molecule has 0 amide bonds. The maximum Gasteiger partial charge on any atom is 0.235 e. The lowest BCUT2D eigenvalue weighted by Crippen LogP contribution is -2.47. The van der Waals surface area contributed by atoms with Crippen LogP contribution in [-0.2, 0) is 16.4 Å². The van der Waals surface area contributed by atoms with E-state index in [0.29, 0.717) is 19.7 Å². The molecule has 0 N–H and O–H groups in total. The maximum atomic E-state index is 11.9. The van der Waals surface area contributed by atoms with Crippen molar-refractivity contribution in [1.82, 2.24) is 24.1 Å². The SMILES string of the molecule is C=CS(=O)(=O)N1CC(c2ccc3c(c2)OCCc2sc(-c4ncnn4C(C)C)nc2-3)C1. The van der Waals surface area contributed by atoms with Gasteiger partial charge < -0.3 is 4.74 Å². The summed E-state index contributed by atoms with van der Waals surface area (Å²) >= 11 is 1.64. The lowest BCUT2D eigenvalue weighted by molar-refractivity contribution is 0.266. The molecule has 162 valence electrons. The predicted molar refractivity (Wildman–Crippen MR) is 120 cm³/mol. The Morgan fingerprint density at radius 2 is 2.13 bits per heavy atom. The number of ether oxygens (including phenoxy) is 1. The van der Waals surface area contributed by atoms with E-state index in [0.717, 1.165) is 45.2 Å². The summed E-state index contributed by atoms with van der Waals surface area (Å²) in [4.78, 5) is 10.5. The molecule has 0 saturated carbocycles. The number of thiazole rings is 1. The molecule has 10 heteroatoms. The molecule has 31 heavy (non-hydrogen) atoms. The van der Waals surface area contributed by atoms with Gasteiger partial charge in [0.1, 0.15) is 12.1 Å². The van der Waals surface area contributed by atoms with E-state index < -0.39 is 10.0 Å². The second-order valence-electron chi connectivity index (χ2n) is 7.99. The molecule has 5 rings (SSSR count). The van der Waals surface area contributed by atoms with Crippen LogP contribution in [0.4, 0.5) is 0 Å². The van der Waals surface area contributed by atoms with Gasteiger partial charge in [0.2, 0.25) is 10.0 Å². The van der Waals surface area contributed by atoms with Crippen LogP contribution in [0, 0.1) is 0 Å². The highest BCUT2D eigenvalue weighted by molar-refractivity contribution is 7.92. The normalized spacial score (nSPS) is 16.9. The van der Waals surface area contributed by atoms with E-state index in [9.17, 15) is 8.42 Å². The number of fused-ring (bicyclic) bond motifs is 3. The van der Waals surface area contributed by atoms with Gasteiger partial charge in [-0.15, -0.1) is 11.3 Å². The largest absolute Gasteiger partial charge is 0.492 e. The Morgan fingerprint density at radius 1 is 1.32 bits per heavy atom. The number of aromatic nitrogens is 4. The summed E-state index contributed by atoms with van der Waals surface area (Å²) < 4.78 is 33.2. The van der Waals surface area contributed by atoms with Crippen LogP contribution in [0.2, 0.25) is 0 Å². The monoisotopic (exact) mass is 457 g/mol. The van der Waals surface area contributed by atoms with E-state index >= 15 is 0 Å². The fourth-order valence-corrected chi connectivity index (χ4v) is 5.96. The molecule has 0 unspecified atom stereocenters. The Labute approximate surface area is 185 Å². The Hall–Kier alpha value is -2.56. The summed E-state index contributed by atoms with van der Waals surface area (Å²) in [5, 5.41) is 6.20. The Kier molecular flexibility index (Phi) is 4.95. The van der Waals surface area contributed by atoms with Gasteiger partial charge in [-0.3, -0.25) is 0 Å². The van der Waals surface area contributed by atoms with Crippen molar-refractivity contribution in [2.45, 2.75) is 32.2 Å². The molecular weight excluding hydrogens is 434 g/mol. The van der Waals surface area contributed by atoms with Crippen molar-refractivity contribution in [1.29, 1.82) is 0 Å². The van der Waals surface area contributed by atoms with Gasteiger partial charge in [0, 0.05) is 47.3 Å². The molecule has 8 nitrogen and oxygen atoms in total. The molecule has 0 aliphatic carbocycles. The first kappa shape index (κ1) is 20.3. The van der Waals surface area contributed by atoms with Crippen LogP contribution >= 0.6 is 11.3 Å². The van der Waals surface area contributed by atoms with E-state index in [4.69, 9.17) is 9.72 Å². The lowest BCUT2D eigenvalue weighted by atomic mass is 9.92. The van der Waals surface area contributed by atoms with Crippen molar-refractivity contribution in [2.75, 3.05) is 19.7 Å². The van der Waals surface area contributed by atoms with Crippen LogP contribution in [0.5, 0.6) is 5.75 Å². The van der Waals surface area contributed by atoms with E-state index in [1.165, 1.54) is 9.18 Å². The first-order valence-electron chi connectivity index (χ1n) is 10.2. The average molecular weight is 458 g/mol. The molecule has 1 fully saturated rings. The smallest absolute Gasteiger partial charge is 0.235 e. The Bertz CT molecular complexity index is 1260. The highest BCUT2D eigenvalue weighted by atomic mass is 32.2. The summed E-state index contributed by atoms with van der Waals surface area (Å²) in [6, 6.07) is 6.32. The molecule has 4 heterocycles. The standard InChI is InChI=1S/C21H23N5O3S2/c1-4-31(27,28)25-10-15(11-25)14-5-6-16-17(9-14)29-8-7-18-19(16)24-21(30-18)20-22-12-23-26(20)13(2)3/h4-6,9,12-13,15H,1,7-8,10-11H2,2-3H3. The summed E-state index contributed by atoms with van der Waals surface area (Å²) in [7, 11) is -3.35. The van der Waals surface area contributed by atoms with Gasteiger partial charge in [0.05, 0.1) is 12.3 Å². The summed E-state index contributed by atoms with van der Waals surface area (Å²) in [5.74, 6) is 1.73. The third kappa shape index (κ3) is 3.48. The molecule has 0 bridgehead atoms. The third-order valence-corrected chi connectivity index (χ3v) is 8.24. The topological polar surface area (TPSA) is 90.2 Å². The second-order valence-corrected chi connectivity index (χ2v) is 11.0. The molecule has 1 aromatic carbocycles. The van der Waals surface area contributed by atoms with Crippen molar-refractivity contribution in [2.24, 2.45) is 0 Å². The van der Waals surface area contributed by atoms with Gasteiger partial charge in [-0.1, -0.05) is 12.6 Å². The van der Waals surface area contributed by atoms with Gasteiger partial charge in [-0.2, -0.15) is 9.40 Å². The van der Waals surface area contributed by atoms with Crippen molar-refractivity contribution < 1.29 is 13.2 Å². The lowest BCUT2D eigenvalue weighted by Gasteiger charge is -2.37. The molecule has 0 atom stereocenters. The molecule has 3 aromatic rings. The molecule has 0 radical (unpaired) electrons. The number of benzene rings is 1. The van der Waals surface area contributed by atoms with Crippen LogP contribution in [0.3, 0.4) is 0 Å².